The van der Waals surface area contributed by atoms with Gasteiger partial charge in [-0.05, 0) is 19.0 Å². The molecule has 130 valence electrons. The van der Waals surface area contributed by atoms with Crippen LogP contribution in [0, 0.1) is 10.1 Å². The van der Waals surface area contributed by atoms with E-state index in [0.29, 0.717) is 13.0 Å². The molecule has 8 nitrogen and oxygen atoms in total. The van der Waals surface area contributed by atoms with Gasteiger partial charge in [-0.2, -0.15) is 8.78 Å². The maximum Gasteiger partial charge on any atom is 0.387 e. The molecule has 0 aliphatic rings. The molecule has 0 saturated heterocycles. The van der Waals surface area contributed by atoms with Crippen LogP contribution in [0.4, 0.5) is 14.5 Å². The molecule has 0 heterocycles. The van der Waals surface area contributed by atoms with E-state index >= 15 is 0 Å². The summed E-state index contributed by atoms with van der Waals surface area (Å²) in [5, 5.41) is 13.6. The number of benzene rings is 1. The minimum atomic E-state index is -3.25. The van der Waals surface area contributed by atoms with Gasteiger partial charge in [-0.25, -0.2) is 13.1 Å². The lowest BCUT2D eigenvalue weighted by molar-refractivity contribution is -0.385. The highest BCUT2D eigenvalue weighted by molar-refractivity contribution is 7.88. The van der Waals surface area contributed by atoms with E-state index in [-0.39, 0.29) is 30.1 Å². The van der Waals surface area contributed by atoms with E-state index in [1.807, 2.05) is 0 Å². The van der Waals surface area contributed by atoms with Crippen molar-refractivity contribution in [1.29, 1.82) is 0 Å². The topological polar surface area (TPSA) is 111 Å². The fourth-order valence-corrected chi connectivity index (χ4v) is 2.24. The Morgan fingerprint density at radius 2 is 2.04 bits per heavy atom. The average Bonchev–Trinajstić information content (AvgIpc) is 2.42. The minimum Gasteiger partial charge on any atom is -0.434 e. The zero-order chi connectivity index (χ0) is 17.5. The second-order valence-electron chi connectivity index (χ2n) is 4.62. The molecule has 0 aliphatic heterocycles. The van der Waals surface area contributed by atoms with Crippen LogP contribution in [-0.4, -0.2) is 39.3 Å². The van der Waals surface area contributed by atoms with Crippen molar-refractivity contribution in [3.63, 3.8) is 0 Å². The number of hydrogen-bond donors (Lipinski definition) is 2. The average molecular weight is 353 g/mol. The lowest BCUT2D eigenvalue weighted by atomic mass is 10.1. The number of non-ortho nitro benzene ring substituents is 1. The SMILES string of the molecule is CS(=O)(=O)NCCCNCc1cc([N+](=O)[O-])ccc1OC(F)F. The number of nitro groups is 1. The van der Waals surface area contributed by atoms with Gasteiger partial charge in [0.2, 0.25) is 10.0 Å². The van der Waals surface area contributed by atoms with E-state index in [9.17, 15) is 27.3 Å². The highest BCUT2D eigenvalue weighted by Crippen LogP contribution is 2.25. The Bertz CT molecular complexity index is 640. The van der Waals surface area contributed by atoms with Gasteiger partial charge in [-0.1, -0.05) is 0 Å². The number of sulfonamides is 1. The van der Waals surface area contributed by atoms with Gasteiger partial charge in [0, 0.05) is 30.8 Å². The molecular formula is C12H17F2N3O5S. The maximum absolute atomic E-state index is 12.3. The monoisotopic (exact) mass is 353 g/mol. The summed E-state index contributed by atoms with van der Waals surface area (Å²) in [5.41, 5.74) is -0.0160. The number of halogens is 2. The van der Waals surface area contributed by atoms with Crippen LogP contribution < -0.4 is 14.8 Å². The molecule has 0 fully saturated rings. The number of nitrogens with one attached hydrogen (secondary N) is 2. The Morgan fingerprint density at radius 1 is 1.35 bits per heavy atom. The second-order valence-corrected chi connectivity index (χ2v) is 6.46. The van der Waals surface area contributed by atoms with Gasteiger partial charge in [0.25, 0.3) is 5.69 Å². The molecular weight excluding hydrogens is 336 g/mol. The van der Waals surface area contributed by atoms with E-state index in [4.69, 9.17) is 0 Å². The van der Waals surface area contributed by atoms with E-state index in [1.165, 1.54) is 0 Å². The van der Waals surface area contributed by atoms with Crippen LogP contribution in [0.3, 0.4) is 0 Å². The molecule has 0 spiro atoms. The van der Waals surface area contributed by atoms with Crippen LogP contribution in [0.5, 0.6) is 5.75 Å². The fourth-order valence-electron chi connectivity index (χ4n) is 1.72. The lowest BCUT2D eigenvalue weighted by Gasteiger charge is -2.11. The van der Waals surface area contributed by atoms with Crippen molar-refractivity contribution in [3.05, 3.63) is 33.9 Å². The molecule has 0 atom stereocenters. The quantitative estimate of drug-likeness (QED) is 0.372. The highest BCUT2D eigenvalue weighted by atomic mass is 32.2. The molecule has 23 heavy (non-hydrogen) atoms. The van der Waals surface area contributed by atoms with Gasteiger partial charge in [-0.3, -0.25) is 10.1 Å². The summed E-state index contributed by atoms with van der Waals surface area (Å²) in [7, 11) is -3.25. The van der Waals surface area contributed by atoms with E-state index in [0.717, 1.165) is 24.5 Å². The summed E-state index contributed by atoms with van der Waals surface area (Å²) >= 11 is 0. The van der Waals surface area contributed by atoms with Crippen molar-refractivity contribution in [2.45, 2.75) is 19.6 Å². The standard InChI is InChI=1S/C12H17F2N3O5S/c1-23(20,21)16-6-2-5-15-8-9-7-10(17(18)19)3-4-11(9)22-12(13)14/h3-4,7,12,15-16H,2,5-6,8H2,1H3. The number of hydrogen-bond acceptors (Lipinski definition) is 6. The fraction of sp³-hybridized carbons (Fsp3) is 0.500. The molecule has 1 aromatic rings. The Balaban J connectivity index is 2.59. The van der Waals surface area contributed by atoms with Gasteiger partial charge < -0.3 is 10.1 Å². The molecule has 0 amide bonds. The van der Waals surface area contributed by atoms with Crippen LogP contribution in [0.15, 0.2) is 18.2 Å². The summed E-state index contributed by atoms with van der Waals surface area (Å²) in [6.07, 6.45) is 1.50. The Labute approximate surface area is 132 Å². The Morgan fingerprint density at radius 3 is 2.61 bits per heavy atom. The number of alkyl halides is 2. The zero-order valence-corrected chi connectivity index (χ0v) is 13.1. The van der Waals surface area contributed by atoms with E-state index < -0.39 is 21.6 Å². The van der Waals surface area contributed by atoms with Crippen LogP contribution in [0.2, 0.25) is 0 Å². The molecule has 2 N–H and O–H groups in total. The van der Waals surface area contributed by atoms with Gasteiger partial charge in [0.15, 0.2) is 0 Å². The van der Waals surface area contributed by atoms with Crippen molar-refractivity contribution >= 4 is 15.7 Å². The van der Waals surface area contributed by atoms with Crippen LogP contribution >= 0.6 is 0 Å². The summed E-state index contributed by atoms with van der Waals surface area (Å²) in [4.78, 5) is 10.1. The third kappa shape index (κ3) is 7.81. The first-order chi connectivity index (χ1) is 10.7. The third-order valence-electron chi connectivity index (χ3n) is 2.68. The number of ether oxygens (including phenoxy) is 1. The van der Waals surface area contributed by atoms with Gasteiger partial charge in [0.1, 0.15) is 5.75 Å². The van der Waals surface area contributed by atoms with Gasteiger partial charge >= 0.3 is 6.61 Å². The van der Waals surface area contributed by atoms with Crippen molar-refractivity contribution in [2.75, 3.05) is 19.3 Å². The normalized spacial score (nSPS) is 11.7. The summed E-state index contributed by atoms with van der Waals surface area (Å²) in [6.45, 7) is -2.35. The van der Waals surface area contributed by atoms with Crippen LogP contribution in [0.1, 0.15) is 12.0 Å². The first kappa shape index (κ1) is 19.2. The lowest BCUT2D eigenvalue weighted by Crippen LogP contribution is -2.26. The zero-order valence-electron chi connectivity index (χ0n) is 12.3. The highest BCUT2D eigenvalue weighted by Gasteiger charge is 2.14. The summed E-state index contributed by atoms with van der Waals surface area (Å²) in [5.74, 6) is -0.146. The first-order valence-electron chi connectivity index (χ1n) is 6.56. The number of nitro benzene ring substituents is 1. The number of nitrogens with zero attached hydrogens (tertiary/aromatic N) is 1. The van der Waals surface area contributed by atoms with Crippen molar-refractivity contribution in [1.82, 2.24) is 10.0 Å². The van der Waals surface area contributed by atoms with Crippen molar-refractivity contribution in [3.8, 4) is 5.75 Å². The summed E-state index contributed by atoms with van der Waals surface area (Å²) < 4.78 is 53.0. The second kappa shape index (κ2) is 8.70. The molecule has 11 heteroatoms. The van der Waals surface area contributed by atoms with Crippen molar-refractivity contribution in [2.24, 2.45) is 0 Å². The maximum atomic E-state index is 12.3. The molecule has 0 bridgehead atoms. The van der Waals surface area contributed by atoms with E-state index in [1.54, 1.807) is 0 Å². The largest absolute Gasteiger partial charge is 0.434 e. The Hall–Kier alpha value is -1.85. The summed E-state index contributed by atoms with van der Waals surface area (Å²) in [6, 6.07) is 3.35. The molecule has 1 rings (SSSR count). The predicted molar refractivity (Wildman–Crippen MR) is 78.9 cm³/mol. The third-order valence-corrected chi connectivity index (χ3v) is 3.41. The van der Waals surface area contributed by atoms with Crippen LogP contribution in [-0.2, 0) is 16.6 Å². The van der Waals surface area contributed by atoms with Gasteiger partial charge in [0.05, 0.1) is 11.2 Å². The molecule has 0 radical (unpaired) electrons. The molecule has 0 aliphatic carbocycles. The molecule has 0 unspecified atom stereocenters. The predicted octanol–water partition coefficient (Wildman–Crippen LogP) is 1.23. The van der Waals surface area contributed by atoms with E-state index in [2.05, 4.69) is 14.8 Å². The minimum absolute atomic E-state index is 0.0720. The first-order valence-corrected chi connectivity index (χ1v) is 8.45. The molecule has 1 aromatic carbocycles. The van der Waals surface area contributed by atoms with Crippen molar-refractivity contribution < 1.29 is 26.9 Å². The Kier molecular flexibility index (Phi) is 7.26. The smallest absolute Gasteiger partial charge is 0.387 e. The number of rotatable bonds is 10. The van der Waals surface area contributed by atoms with Gasteiger partial charge in [-0.15, -0.1) is 0 Å². The van der Waals surface area contributed by atoms with Crippen LogP contribution in [0.25, 0.3) is 0 Å². The molecule has 0 saturated carbocycles. The molecule has 0 aromatic heterocycles.